The average molecular weight is 329 g/mol. The molecule has 0 aliphatic carbocycles. The van der Waals surface area contributed by atoms with E-state index in [0.29, 0.717) is 6.54 Å². The summed E-state index contributed by atoms with van der Waals surface area (Å²) in [5.41, 5.74) is 0.237. The van der Waals surface area contributed by atoms with Crippen LogP contribution in [-0.4, -0.2) is 37.0 Å². The second kappa shape index (κ2) is 6.32. The summed E-state index contributed by atoms with van der Waals surface area (Å²) in [6, 6.07) is 5.56. The molecule has 1 fully saturated rings. The monoisotopic (exact) mass is 328 g/mol. The summed E-state index contributed by atoms with van der Waals surface area (Å²) in [4.78, 5) is 0.0547. The fourth-order valence-electron chi connectivity index (χ4n) is 2.66. The van der Waals surface area contributed by atoms with Crippen LogP contribution < -0.4 is 0 Å². The van der Waals surface area contributed by atoms with Gasteiger partial charge in [-0.1, -0.05) is 18.5 Å². The number of aliphatic hydroxyl groups is 1. The number of nitrogens with zero attached hydrogens (tertiary/aromatic N) is 2. The zero-order chi connectivity index (χ0) is 15.6. The smallest absolute Gasteiger partial charge is 0.243 e. The number of aliphatic hydroxyl groups excluding tert-OH is 1. The fraction of sp³-hybridized carbons (Fsp3) is 0.500. The third-order valence-corrected chi connectivity index (χ3v) is 6.15. The number of sulfonamides is 1. The van der Waals surface area contributed by atoms with E-state index >= 15 is 0 Å². The molecule has 1 saturated heterocycles. The maximum atomic E-state index is 12.7. The minimum absolute atomic E-state index is 0.0547. The highest BCUT2D eigenvalue weighted by atomic mass is 35.5. The van der Waals surface area contributed by atoms with E-state index in [-0.39, 0.29) is 28.0 Å². The Morgan fingerprint density at radius 2 is 2.24 bits per heavy atom. The molecule has 0 spiro atoms. The van der Waals surface area contributed by atoms with Gasteiger partial charge in [-0.2, -0.15) is 9.57 Å². The first-order chi connectivity index (χ1) is 9.91. The van der Waals surface area contributed by atoms with Crippen molar-refractivity contribution in [1.29, 1.82) is 5.26 Å². The molecule has 2 atom stereocenters. The van der Waals surface area contributed by atoms with Crippen LogP contribution in [0, 0.1) is 17.2 Å². The van der Waals surface area contributed by atoms with Gasteiger partial charge in [-0.25, -0.2) is 8.42 Å². The number of nitriles is 1. The molecule has 5 nitrogen and oxygen atoms in total. The van der Waals surface area contributed by atoms with Crippen molar-refractivity contribution in [3.63, 3.8) is 0 Å². The van der Waals surface area contributed by atoms with Crippen LogP contribution in [0.4, 0.5) is 0 Å². The van der Waals surface area contributed by atoms with Crippen molar-refractivity contribution in [1.82, 2.24) is 4.31 Å². The summed E-state index contributed by atoms with van der Waals surface area (Å²) < 4.78 is 26.8. The largest absolute Gasteiger partial charge is 0.395 e. The summed E-state index contributed by atoms with van der Waals surface area (Å²) >= 11 is 5.92. The summed E-state index contributed by atoms with van der Waals surface area (Å²) in [6.07, 6.45) is 1.66. The summed E-state index contributed by atoms with van der Waals surface area (Å²) in [6.45, 7) is 2.12. The lowest BCUT2D eigenvalue weighted by Gasteiger charge is -2.37. The molecule has 1 N–H and O–H groups in total. The van der Waals surface area contributed by atoms with Crippen molar-refractivity contribution in [3.05, 3.63) is 28.8 Å². The van der Waals surface area contributed by atoms with Gasteiger partial charge in [-0.15, -0.1) is 0 Å². The molecular weight excluding hydrogens is 312 g/mol. The van der Waals surface area contributed by atoms with E-state index in [1.807, 2.05) is 13.0 Å². The molecule has 1 aliphatic heterocycles. The first kappa shape index (κ1) is 16.2. The Labute approximate surface area is 129 Å². The van der Waals surface area contributed by atoms with E-state index in [1.165, 1.54) is 22.5 Å². The van der Waals surface area contributed by atoms with Crippen LogP contribution in [0.1, 0.15) is 25.3 Å². The highest BCUT2D eigenvalue weighted by Gasteiger charge is 2.36. The number of halogens is 1. The van der Waals surface area contributed by atoms with Crippen molar-refractivity contribution in [2.24, 2.45) is 5.92 Å². The van der Waals surface area contributed by atoms with Gasteiger partial charge in [-0.05, 0) is 37.0 Å². The molecule has 0 aromatic heterocycles. The van der Waals surface area contributed by atoms with Crippen LogP contribution in [0.3, 0.4) is 0 Å². The molecular formula is C14H17ClN2O3S. The lowest BCUT2D eigenvalue weighted by atomic mass is 9.93. The van der Waals surface area contributed by atoms with E-state index in [9.17, 15) is 13.5 Å². The molecule has 0 unspecified atom stereocenters. The Morgan fingerprint density at radius 3 is 2.81 bits per heavy atom. The zero-order valence-electron chi connectivity index (χ0n) is 11.7. The number of piperidine rings is 1. The molecule has 7 heteroatoms. The van der Waals surface area contributed by atoms with E-state index in [2.05, 4.69) is 0 Å². The summed E-state index contributed by atoms with van der Waals surface area (Å²) in [5.74, 6) is 0.104. The highest BCUT2D eigenvalue weighted by molar-refractivity contribution is 7.89. The Kier molecular flexibility index (Phi) is 4.89. The Hall–Kier alpha value is -1.13. The second-order valence-corrected chi connectivity index (χ2v) is 7.54. The first-order valence-electron chi connectivity index (χ1n) is 6.74. The van der Waals surface area contributed by atoms with Crippen LogP contribution >= 0.6 is 11.6 Å². The second-order valence-electron chi connectivity index (χ2n) is 5.24. The van der Waals surface area contributed by atoms with Gasteiger partial charge in [0.1, 0.15) is 6.07 Å². The molecule has 1 aromatic rings. The van der Waals surface area contributed by atoms with Crippen LogP contribution in [0.15, 0.2) is 23.1 Å². The predicted octanol–water partition coefficient (Wildman–Crippen LogP) is 1.99. The molecule has 2 rings (SSSR count). The van der Waals surface area contributed by atoms with Gasteiger partial charge in [0.2, 0.25) is 10.0 Å². The summed E-state index contributed by atoms with van der Waals surface area (Å²) in [5, 5.41) is 18.5. The number of benzene rings is 1. The van der Waals surface area contributed by atoms with Crippen molar-refractivity contribution in [2.45, 2.75) is 30.7 Å². The summed E-state index contributed by atoms with van der Waals surface area (Å²) in [7, 11) is -3.72. The quantitative estimate of drug-likeness (QED) is 0.920. The molecule has 21 heavy (non-hydrogen) atoms. The van der Waals surface area contributed by atoms with Crippen LogP contribution in [0.2, 0.25) is 5.02 Å². The number of hydrogen-bond acceptors (Lipinski definition) is 4. The zero-order valence-corrected chi connectivity index (χ0v) is 13.2. The lowest BCUT2D eigenvalue weighted by Crippen LogP contribution is -2.49. The Balaban J connectivity index is 2.41. The number of hydrogen-bond donors (Lipinski definition) is 1. The van der Waals surface area contributed by atoms with E-state index in [1.54, 1.807) is 0 Å². The molecule has 0 saturated carbocycles. The third kappa shape index (κ3) is 3.06. The van der Waals surface area contributed by atoms with Gasteiger partial charge < -0.3 is 5.11 Å². The van der Waals surface area contributed by atoms with Crippen LogP contribution in [0.5, 0.6) is 0 Å². The maximum absolute atomic E-state index is 12.7. The van der Waals surface area contributed by atoms with Gasteiger partial charge in [0, 0.05) is 6.54 Å². The minimum Gasteiger partial charge on any atom is -0.395 e. The predicted molar refractivity (Wildman–Crippen MR) is 79.3 cm³/mol. The van der Waals surface area contributed by atoms with Crippen LogP contribution in [-0.2, 0) is 10.0 Å². The van der Waals surface area contributed by atoms with Crippen LogP contribution in [0.25, 0.3) is 0 Å². The molecule has 114 valence electrons. The van der Waals surface area contributed by atoms with E-state index in [4.69, 9.17) is 16.9 Å². The van der Waals surface area contributed by atoms with E-state index in [0.717, 1.165) is 12.8 Å². The van der Waals surface area contributed by atoms with E-state index < -0.39 is 16.1 Å². The fourth-order valence-corrected chi connectivity index (χ4v) is 4.73. The Bertz CT molecular complexity index is 669. The van der Waals surface area contributed by atoms with Crippen molar-refractivity contribution < 1.29 is 13.5 Å². The van der Waals surface area contributed by atoms with Gasteiger partial charge in [0.05, 0.1) is 28.1 Å². The third-order valence-electron chi connectivity index (χ3n) is 3.92. The molecule has 1 aliphatic rings. The lowest BCUT2D eigenvalue weighted by molar-refractivity contribution is 0.113. The molecule has 0 radical (unpaired) electrons. The first-order valence-corrected chi connectivity index (χ1v) is 8.56. The minimum atomic E-state index is -3.72. The molecule has 0 amide bonds. The van der Waals surface area contributed by atoms with Gasteiger partial charge in [-0.3, -0.25) is 0 Å². The maximum Gasteiger partial charge on any atom is 0.243 e. The molecule has 1 aromatic carbocycles. The highest BCUT2D eigenvalue weighted by Crippen LogP contribution is 2.30. The average Bonchev–Trinajstić information content (AvgIpc) is 2.46. The van der Waals surface area contributed by atoms with Crippen molar-refractivity contribution in [2.75, 3.05) is 13.2 Å². The van der Waals surface area contributed by atoms with Crippen molar-refractivity contribution in [3.8, 4) is 6.07 Å². The van der Waals surface area contributed by atoms with Gasteiger partial charge in [0.15, 0.2) is 0 Å². The topological polar surface area (TPSA) is 81.4 Å². The molecule has 0 bridgehead atoms. The van der Waals surface area contributed by atoms with Crippen molar-refractivity contribution >= 4 is 21.6 Å². The Morgan fingerprint density at radius 1 is 1.52 bits per heavy atom. The van der Waals surface area contributed by atoms with Gasteiger partial charge >= 0.3 is 0 Å². The standard InChI is InChI=1S/C14H17ClN2O3S/c1-10-3-2-6-17(14(10)9-18)21(19,20)12-5-4-11(8-16)13(15)7-12/h4-5,7,10,14,18H,2-3,6,9H2,1H3/t10-,14-/m1/s1. The molecule has 1 heterocycles. The SMILES string of the molecule is C[C@@H]1CCCN(S(=O)(=O)c2ccc(C#N)c(Cl)c2)[C@@H]1CO. The normalized spacial score (nSPS) is 23.7. The number of rotatable bonds is 3. The van der Waals surface area contributed by atoms with Gasteiger partial charge in [0.25, 0.3) is 0 Å².